The maximum atomic E-state index is 12.4. The standard InChI is InChI=1S/C14H15ClN4O/c1-3-19(9-11-6-4-5-10(2)17-11)14(20)12-7-16-8-13(15)18-12/h4-8H,3,9H2,1-2H3. The normalized spacial score (nSPS) is 10.3. The van der Waals surface area contributed by atoms with E-state index in [2.05, 4.69) is 15.0 Å². The molecular weight excluding hydrogens is 276 g/mol. The second-order valence-corrected chi connectivity index (χ2v) is 4.70. The third kappa shape index (κ3) is 3.51. The summed E-state index contributed by atoms with van der Waals surface area (Å²) in [5.74, 6) is -0.203. The Balaban J connectivity index is 2.18. The van der Waals surface area contributed by atoms with Crippen LogP contribution in [-0.4, -0.2) is 32.3 Å². The molecule has 2 aromatic rings. The van der Waals surface area contributed by atoms with E-state index in [1.165, 1.54) is 12.4 Å². The van der Waals surface area contributed by atoms with Gasteiger partial charge in [0.1, 0.15) is 10.8 Å². The molecule has 104 valence electrons. The van der Waals surface area contributed by atoms with Crippen LogP contribution in [0, 0.1) is 6.92 Å². The Morgan fingerprint density at radius 1 is 1.30 bits per heavy atom. The van der Waals surface area contributed by atoms with Crippen LogP contribution in [0.15, 0.2) is 30.6 Å². The summed E-state index contributed by atoms with van der Waals surface area (Å²) in [6.07, 6.45) is 2.82. The highest BCUT2D eigenvalue weighted by Crippen LogP contribution is 2.09. The molecule has 0 spiro atoms. The Kier molecular flexibility index (Phi) is 4.63. The molecular formula is C14H15ClN4O. The zero-order chi connectivity index (χ0) is 14.5. The number of aryl methyl sites for hydroxylation is 1. The summed E-state index contributed by atoms with van der Waals surface area (Å²) in [4.78, 5) is 26.3. The van der Waals surface area contributed by atoms with Crippen molar-refractivity contribution in [2.75, 3.05) is 6.54 Å². The van der Waals surface area contributed by atoms with E-state index in [-0.39, 0.29) is 16.8 Å². The quantitative estimate of drug-likeness (QED) is 0.868. The van der Waals surface area contributed by atoms with Gasteiger partial charge in [-0.1, -0.05) is 17.7 Å². The van der Waals surface area contributed by atoms with Crippen LogP contribution < -0.4 is 0 Å². The van der Waals surface area contributed by atoms with Crippen LogP contribution in [0.25, 0.3) is 0 Å². The molecule has 1 amide bonds. The van der Waals surface area contributed by atoms with Crippen LogP contribution in [0.1, 0.15) is 28.8 Å². The van der Waals surface area contributed by atoms with Crippen LogP contribution in [-0.2, 0) is 6.54 Å². The lowest BCUT2D eigenvalue weighted by Crippen LogP contribution is -2.31. The second kappa shape index (κ2) is 6.43. The zero-order valence-electron chi connectivity index (χ0n) is 11.4. The van der Waals surface area contributed by atoms with Crippen molar-refractivity contribution in [3.8, 4) is 0 Å². The van der Waals surface area contributed by atoms with Crippen molar-refractivity contribution in [3.05, 3.63) is 52.8 Å². The van der Waals surface area contributed by atoms with E-state index in [1.807, 2.05) is 32.0 Å². The maximum absolute atomic E-state index is 12.4. The lowest BCUT2D eigenvalue weighted by Gasteiger charge is -2.20. The number of aromatic nitrogens is 3. The van der Waals surface area contributed by atoms with Gasteiger partial charge in [0.25, 0.3) is 5.91 Å². The fraction of sp³-hybridized carbons (Fsp3) is 0.286. The minimum absolute atomic E-state index is 0.203. The van der Waals surface area contributed by atoms with E-state index in [1.54, 1.807) is 4.90 Å². The highest BCUT2D eigenvalue weighted by Gasteiger charge is 2.17. The Morgan fingerprint density at radius 3 is 2.75 bits per heavy atom. The highest BCUT2D eigenvalue weighted by atomic mass is 35.5. The van der Waals surface area contributed by atoms with Gasteiger partial charge >= 0.3 is 0 Å². The summed E-state index contributed by atoms with van der Waals surface area (Å²) in [6, 6.07) is 5.74. The van der Waals surface area contributed by atoms with Crippen LogP contribution in [0.5, 0.6) is 0 Å². The predicted octanol–water partition coefficient (Wildman–Crippen LogP) is 2.50. The van der Waals surface area contributed by atoms with Gasteiger partial charge in [0, 0.05) is 12.2 Å². The topological polar surface area (TPSA) is 59.0 Å². The van der Waals surface area contributed by atoms with E-state index in [9.17, 15) is 4.79 Å². The Hall–Kier alpha value is -2.01. The lowest BCUT2D eigenvalue weighted by molar-refractivity contribution is 0.0744. The zero-order valence-corrected chi connectivity index (χ0v) is 12.1. The van der Waals surface area contributed by atoms with Crippen molar-refractivity contribution < 1.29 is 4.79 Å². The number of amides is 1. The number of carbonyl (C=O) groups excluding carboxylic acids is 1. The Morgan fingerprint density at radius 2 is 2.10 bits per heavy atom. The molecule has 0 unspecified atom stereocenters. The fourth-order valence-corrected chi connectivity index (χ4v) is 1.96. The van der Waals surface area contributed by atoms with Gasteiger partial charge in [0.15, 0.2) is 0 Å². The van der Waals surface area contributed by atoms with E-state index in [0.29, 0.717) is 13.1 Å². The van der Waals surface area contributed by atoms with Gasteiger partial charge in [-0.2, -0.15) is 0 Å². The maximum Gasteiger partial charge on any atom is 0.274 e. The molecule has 0 aromatic carbocycles. The molecule has 0 aliphatic rings. The largest absolute Gasteiger partial charge is 0.332 e. The molecule has 6 heteroatoms. The number of halogens is 1. The van der Waals surface area contributed by atoms with Gasteiger partial charge in [0.2, 0.25) is 0 Å². The van der Waals surface area contributed by atoms with Crippen molar-refractivity contribution in [3.63, 3.8) is 0 Å². The van der Waals surface area contributed by atoms with Crippen LogP contribution in [0.3, 0.4) is 0 Å². The Bertz CT molecular complexity index is 618. The van der Waals surface area contributed by atoms with E-state index in [4.69, 9.17) is 11.6 Å². The molecule has 2 aromatic heterocycles. The molecule has 0 aliphatic carbocycles. The summed E-state index contributed by atoms with van der Waals surface area (Å²) in [6.45, 7) is 4.82. The lowest BCUT2D eigenvalue weighted by atomic mass is 10.2. The molecule has 0 atom stereocenters. The number of hydrogen-bond donors (Lipinski definition) is 0. The number of pyridine rings is 1. The van der Waals surface area contributed by atoms with Gasteiger partial charge < -0.3 is 4.90 Å². The van der Waals surface area contributed by atoms with E-state index < -0.39 is 0 Å². The summed E-state index contributed by atoms with van der Waals surface area (Å²) >= 11 is 5.76. The molecule has 0 aliphatic heterocycles. The number of rotatable bonds is 4. The summed E-state index contributed by atoms with van der Waals surface area (Å²) in [5.41, 5.74) is 2.01. The van der Waals surface area contributed by atoms with Crippen molar-refractivity contribution >= 4 is 17.5 Å². The first-order valence-corrected chi connectivity index (χ1v) is 6.67. The first kappa shape index (κ1) is 14.4. The van der Waals surface area contributed by atoms with Crippen molar-refractivity contribution in [2.45, 2.75) is 20.4 Å². The van der Waals surface area contributed by atoms with Crippen molar-refractivity contribution in [1.29, 1.82) is 0 Å². The second-order valence-electron chi connectivity index (χ2n) is 4.32. The minimum atomic E-state index is -0.203. The summed E-state index contributed by atoms with van der Waals surface area (Å²) < 4.78 is 0. The van der Waals surface area contributed by atoms with Crippen molar-refractivity contribution in [2.24, 2.45) is 0 Å². The first-order valence-electron chi connectivity index (χ1n) is 6.29. The van der Waals surface area contributed by atoms with Gasteiger partial charge in [0.05, 0.1) is 24.6 Å². The molecule has 2 heterocycles. The van der Waals surface area contributed by atoms with Gasteiger partial charge in [-0.25, -0.2) is 4.98 Å². The Labute approximate surface area is 122 Å². The van der Waals surface area contributed by atoms with Crippen LogP contribution in [0.2, 0.25) is 5.15 Å². The predicted molar refractivity (Wildman–Crippen MR) is 76.4 cm³/mol. The third-order valence-corrected chi connectivity index (χ3v) is 2.97. The molecule has 0 saturated heterocycles. The summed E-state index contributed by atoms with van der Waals surface area (Å²) in [5, 5.41) is 0.209. The average molecular weight is 291 g/mol. The van der Waals surface area contributed by atoms with E-state index in [0.717, 1.165) is 11.4 Å². The molecule has 5 nitrogen and oxygen atoms in total. The molecule has 0 fully saturated rings. The van der Waals surface area contributed by atoms with Gasteiger partial charge in [-0.05, 0) is 26.0 Å². The number of carbonyl (C=O) groups is 1. The van der Waals surface area contributed by atoms with Crippen molar-refractivity contribution in [1.82, 2.24) is 19.9 Å². The van der Waals surface area contributed by atoms with Gasteiger partial charge in [-0.3, -0.25) is 14.8 Å². The monoisotopic (exact) mass is 290 g/mol. The van der Waals surface area contributed by atoms with Gasteiger partial charge in [-0.15, -0.1) is 0 Å². The third-order valence-electron chi connectivity index (χ3n) is 2.79. The van der Waals surface area contributed by atoms with E-state index >= 15 is 0 Å². The highest BCUT2D eigenvalue weighted by molar-refractivity contribution is 6.29. The number of nitrogens with zero attached hydrogens (tertiary/aromatic N) is 4. The molecule has 0 radical (unpaired) electrons. The van der Waals surface area contributed by atoms with Crippen LogP contribution in [0.4, 0.5) is 0 Å². The first-order chi connectivity index (χ1) is 9.60. The van der Waals surface area contributed by atoms with Crippen LogP contribution >= 0.6 is 11.6 Å². The molecule has 0 N–H and O–H groups in total. The summed E-state index contributed by atoms with van der Waals surface area (Å²) in [7, 11) is 0. The molecule has 0 bridgehead atoms. The SMILES string of the molecule is CCN(Cc1cccc(C)n1)C(=O)c1cncc(Cl)n1. The molecule has 20 heavy (non-hydrogen) atoms. The molecule has 0 saturated carbocycles. The minimum Gasteiger partial charge on any atom is -0.332 e. The molecule has 2 rings (SSSR count). The average Bonchev–Trinajstić information content (AvgIpc) is 2.44. The fourth-order valence-electron chi connectivity index (χ4n) is 1.82. The number of hydrogen-bond acceptors (Lipinski definition) is 4. The smallest absolute Gasteiger partial charge is 0.274 e.